The molecule has 0 radical (unpaired) electrons. The number of pyridine rings is 2. The molecular formula is C25H20N4O2. The Bertz CT molecular complexity index is 1320. The van der Waals surface area contributed by atoms with Crippen LogP contribution in [0.3, 0.4) is 0 Å². The third kappa shape index (κ3) is 3.29. The van der Waals surface area contributed by atoms with Gasteiger partial charge in [0.1, 0.15) is 18.0 Å². The van der Waals surface area contributed by atoms with E-state index in [1.165, 1.54) is 0 Å². The van der Waals surface area contributed by atoms with Gasteiger partial charge in [0, 0.05) is 47.8 Å². The Kier molecular flexibility index (Phi) is 4.33. The van der Waals surface area contributed by atoms with Crippen LogP contribution in [0.2, 0.25) is 0 Å². The molecule has 3 aromatic heterocycles. The second-order valence-corrected chi connectivity index (χ2v) is 7.73. The molecular weight excluding hydrogens is 388 g/mol. The molecule has 6 rings (SSSR count). The van der Waals surface area contributed by atoms with E-state index in [1.807, 2.05) is 24.5 Å². The Morgan fingerprint density at radius 2 is 2.06 bits per heavy atom. The zero-order chi connectivity index (χ0) is 20.6. The maximum atomic E-state index is 6.06. The summed E-state index contributed by atoms with van der Waals surface area (Å²) in [6.07, 6.45) is 7.30. The Labute approximate surface area is 179 Å². The van der Waals surface area contributed by atoms with Crippen molar-refractivity contribution >= 4 is 16.7 Å². The van der Waals surface area contributed by atoms with Crippen molar-refractivity contribution in [2.75, 3.05) is 31.3 Å². The number of nitrogens with zero attached hydrogens (tertiary/aromatic N) is 3. The molecule has 2 aliphatic rings. The van der Waals surface area contributed by atoms with Gasteiger partial charge in [0.2, 0.25) is 0 Å². The van der Waals surface area contributed by atoms with Crippen molar-refractivity contribution in [2.45, 2.75) is 6.04 Å². The molecule has 5 heterocycles. The van der Waals surface area contributed by atoms with E-state index in [2.05, 4.69) is 56.0 Å². The van der Waals surface area contributed by atoms with E-state index in [0.29, 0.717) is 12.6 Å². The standard InChI is InChI=1S/C25H20N4O2/c1-2-17(12-26-7-1)3-4-19-13-27-25-22(19)10-20(14-28-25)18-5-6-23-24(11-18)31-16-21-15-30-9-8-29(21)23/h1-2,5-7,10-14,21H,8-9,15-16H2,(H,27,28). The third-order valence-corrected chi connectivity index (χ3v) is 5.80. The van der Waals surface area contributed by atoms with E-state index in [0.717, 1.165) is 64.5 Å². The van der Waals surface area contributed by atoms with Gasteiger partial charge in [-0.2, -0.15) is 0 Å². The van der Waals surface area contributed by atoms with Gasteiger partial charge in [-0.15, -0.1) is 0 Å². The number of morpholine rings is 1. The maximum Gasteiger partial charge on any atom is 0.143 e. The number of aromatic nitrogens is 3. The molecule has 4 aromatic rings. The summed E-state index contributed by atoms with van der Waals surface area (Å²) in [7, 11) is 0. The van der Waals surface area contributed by atoms with Crippen molar-refractivity contribution in [1.82, 2.24) is 15.0 Å². The number of H-pyrrole nitrogens is 1. The number of aromatic amines is 1. The van der Waals surface area contributed by atoms with E-state index in [4.69, 9.17) is 9.47 Å². The summed E-state index contributed by atoms with van der Waals surface area (Å²) in [5, 5.41) is 1.00. The summed E-state index contributed by atoms with van der Waals surface area (Å²) < 4.78 is 11.7. The first-order chi connectivity index (χ1) is 15.3. The van der Waals surface area contributed by atoms with E-state index < -0.39 is 0 Å². The number of hydrogen-bond acceptors (Lipinski definition) is 5. The van der Waals surface area contributed by atoms with Gasteiger partial charge in [0.15, 0.2) is 0 Å². The zero-order valence-electron chi connectivity index (χ0n) is 16.8. The molecule has 0 amide bonds. The smallest absolute Gasteiger partial charge is 0.143 e. The van der Waals surface area contributed by atoms with Gasteiger partial charge in [0.25, 0.3) is 0 Å². The highest BCUT2D eigenvalue weighted by molar-refractivity contribution is 5.87. The third-order valence-electron chi connectivity index (χ3n) is 5.80. The first kappa shape index (κ1) is 18.0. The number of rotatable bonds is 1. The molecule has 6 heteroatoms. The highest BCUT2D eigenvalue weighted by Gasteiger charge is 2.30. The minimum Gasteiger partial charge on any atom is -0.489 e. The Morgan fingerprint density at radius 1 is 1.06 bits per heavy atom. The van der Waals surface area contributed by atoms with Crippen molar-refractivity contribution in [3.05, 3.63) is 72.3 Å². The Balaban J connectivity index is 1.36. The second kappa shape index (κ2) is 7.46. The van der Waals surface area contributed by atoms with Crippen molar-refractivity contribution in [3.8, 4) is 28.7 Å². The van der Waals surface area contributed by atoms with Crippen LogP contribution in [0.4, 0.5) is 5.69 Å². The maximum absolute atomic E-state index is 6.06. The number of benzene rings is 1. The molecule has 1 saturated heterocycles. The molecule has 1 fully saturated rings. The molecule has 0 aliphatic carbocycles. The molecule has 2 aliphatic heterocycles. The molecule has 0 spiro atoms. The zero-order valence-corrected chi connectivity index (χ0v) is 16.8. The van der Waals surface area contributed by atoms with E-state index in [1.54, 1.807) is 12.4 Å². The van der Waals surface area contributed by atoms with Gasteiger partial charge in [-0.1, -0.05) is 17.9 Å². The molecule has 6 nitrogen and oxygen atoms in total. The second-order valence-electron chi connectivity index (χ2n) is 7.73. The lowest BCUT2D eigenvalue weighted by molar-refractivity contribution is 0.0705. The monoisotopic (exact) mass is 408 g/mol. The van der Waals surface area contributed by atoms with Crippen LogP contribution in [-0.2, 0) is 4.74 Å². The van der Waals surface area contributed by atoms with E-state index in [9.17, 15) is 0 Å². The largest absolute Gasteiger partial charge is 0.489 e. The van der Waals surface area contributed by atoms with Crippen molar-refractivity contribution in [3.63, 3.8) is 0 Å². The molecule has 1 N–H and O–H groups in total. The lowest BCUT2D eigenvalue weighted by Crippen LogP contribution is -2.51. The van der Waals surface area contributed by atoms with E-state index in [-0.39, 0.29) is 0 Å². The SMILES string of the molecule is C(#Cc1c[nH]c2ncc(-c3ccc4c(c3)OCC3COCCN43)cc12)c1cccnc1. The Hall–Kier alpha value is -3.82. The van der Waals surface area contributed by atoms with Gasteiger partial charge >= 0.3 is 0 Å². The van der Waals surface area contributed by atoms with Crippen LogP contribution in [0.25, 0.3) is 22.2 Å². The van der Waals surface area contributed by atoms with Gasteiger partial charge in [0.05, 0.1) is 30.5 Å². The fourth-order valence-corrected chi connectivity index (χ4v) is 4.18. The lowest BCUT2D eigenvalue weighted by Gasteiger charge is -2.41. The molecule has 152 valence electrons. The lowest BCUT2D eigenvalue weighted by atomic mass is 10.0. The summed E-state index contributed by atoms with van der Waals surface area (Å²) in [4.78, 5) is 14.3. The minimum absolute atomic E-state index is 0.297. The molecule has 0 bridgehead atoms. The Morgan fingerprint density at radius 3 is 3.00 bits per heavy atom. The first-order valence-electron chi connectivity index (χ1n) is 10.4. The van der Waals surface area contributed by atoms with Crippen molar-refractivity contribution < 1.29 is 9.47 Å². The summed E-state index contributed by atoms with van der Waals surface area (Å²) in [5.74, 6) is 7.33. The summed E-state index contributed by atoms with van der Waals surface area (Å²) in [6, 6.07) is 12.7. The van der Waals surface area contributed by atoms with Crippen LogP contribution in [0.1, 0.15) is 11.1 Å². The first-order valence-corrected chi connectivity index (χ1v) is 10.4. The van der Waals surface area contributed by atoms with Gasteiger partial charge < -0.3 is 19.4 Å². The molecule has 1 atom stereocenters. The number of ether oxygens (including phenoxy) is 2. The van der Waals surface area contributed by atoms with Crippen LogP contribution in [0.5, 0.6) is 5.75 Å². The van der Waals surface area contributed by atoms with E-state index >= 15 is 0 Å². The molecule has 0 saturated carbocycles. The molecule has 1 unspecified atom stereocenters. The number of fused-ring (bicyclic) bond motifs is 4. The predicted octanol–water partition coefficient (Wildman–Crippen LogP) is 3.62. The molecule has 31 heavy (non-hydrogen) atoms. The normalized spacial score (nSPS) is 17.3. The van der Waals surface area contributed by atoms with Crippen molar-refractivity contribution in [2.24, 2.45) is 0 Å². The number of anilines is 1. The van der Waals surface area contributed by atoms with Crippen LogP contribution in [-0.4, -0.2) is 47.4 Å². The van der Waals surface area contributed by atoms with Gasteiger partial charge in [-0.05, 0) is 35.9 Å². The highest BCUT2D eigenvalue weighted by Crippen LogP contribution is 2.38. The summed E-state index contributed by atoms with van der Waals surface area (Å²) >= 11 is 0. The quantitative estimate of drug-likeness (QED) is 0.488. The average Bonchev–Trinajstić information content (AvgIpc) is 3.25. The van der Waals surface area contributed by atoms with Crippen LogP contribution in [0, 0.1) is 11.8 Å². The highest BCUT2D eigenvalue weighted by atomic mass is 16.5. The molecule has 1 aromatic carbocycles. The summed E-state index contributed by atoms with van der Waals surface area (Å²) in [6.45, 7) is 3.03. The van der Waals surface area contributed by atoms with Crippen LogP contribution in [0.15, 0.2) is 61.2 Å². The predicted molar refractivity (Wildman–Crippen MR) is 119 cm³/mol. The fourth-order valence-electron chi connectivity index (χ4n) is 4.18. The van der Waals surface area contributed by atoms with Gasteiger partial charge in [-0.3, -0.25) is 4.98 Å². The van der Waals surface area contributed by atoms with Crippen LogP contribution < -0.4 is 9.64 Å². The van der Waals surface area contributed by atoms with Crippen LogP contribution >= 0.6 is 0 Å². The number of hydrogen-bond donors (Lipinski definition) is 1. The van der Waals surface area contributed by atoms with Gasteiger partial charge in [-0.25, -0.2) is 4.98 Å². The minimum atomic E-state index is 0.297. The van der Waals surface area contributed by atoms with Crippen molar-refractivity contribution in [1.29, 1.82) is 0 Å². The summed E-state index contributed by atoms with van der Waals surface area (Å²) in [5.41, 5.74) is 5.87. The number of nitrogens with one attached hydrogen (secondary N) is 1. The average molecular weight is 408 g/mol. The fraction of sp³-hybridized carbons (Fsp3) is 0.200. The topological polar surface area (TPSA) is 63.3 Å².